The lowest BCUT2D eigenvalue weighted by atomic mass is 9.95. The Bertz CT molecular complexity index is 1790. The number of esters is 1. The van der Waals surface area contributed by atoms with Gasteiger partial charge in [-0.1, -0.05) is 60.7 Å². The topological polar surface area (TPSA) is 77.0 Å². The van der Waals surface area contributed by atoms with Gasteiger partial charge in [0, 0.05) is 22.3 Å². The third-order valence-corrected chi connectivity index (χ3v) is 8.71. The molecule has 0 bridgehead atoms. The highest BCUT2D eigenvalue weighted by atomic mass is 32.1. The summed E-state index contributed by atoms with van der Waals surface area (Å²) in [4.78, 5) is 31.8. The zero-order valence-electron chi connectivity index (χ0n) is 24.0. The number of para-hydroxylation sites is 1. The van der Waals surface area contributed by atoms with Crippen molar-refractivity contribution in [1.29, 1.82) is 0 Å². The Hall–Kier alpha value is -4.75. The number of thiophene rings is 1. The average Bonchev–Trinajstić information content (AvgIpc) is 3.42. The van der Waals surface area contributed by atoms with Crippen LogP contribution in [0.5, 0.6) is 5.75 Å². The van der Waals surface area contributed by atoms with Crippen LogP contribution < -0.4 is 10.1 Å². The summed E-state index contributed by atoms with van der Waals surface area (Å²) < 4.78 is 11.4. The van der Waals surface area contributed by atoms with Gasteiger partial charge in [0.1, 0.15) is 17.4 Å². The molecule has 6 rings (SSSR count). The summed E-state index contributed by atoms with van der Waals surface area (Å²) in [6.07, 6.45) is 5.88. The van der Waals surface area contributed by atoms with Crippen molar-refractivity contribution in [3.05, 3.63) is 124 Å². The molecule has 0 atom stereocenters. The smallest absolute Gasteiger partial charge is 0.338 e. The van der Waals surface area contributed by atoms with E-state index in [1.165, 1.54) is 4.88 Å². The maximum atomic E-state index is 13.6. The summed E-state index contributed by atoms with van der Waals surface area (Å²) >= 11 is 1.61. The number of carbonyl (C=O) groups excluding carboxylic acids is 2. The molecule has 0 aliphatic heterocycles. The number of ether oxygens (including phenoxy) is 2. The minimum Gasteiger partial charge on any atom is -0.488 e. The molecule has 0 saturated heterocycles. The van der Waals surface area contributed by atoms with Gasteiger partial charge < -0.3 is 14.8 Å². The number of anilines is 1. The number of nitrogens with zero attached hydrogens (tertiary/aromatic N) is 1. The molecule has 1 N–H and O–H groups in total. The van der Waals surface area contributed by atoms with E-state index >= 15 is 0 Å². The number of amides is 1. The van der Waals surface area contributed by atoms with Crippen LogP contribution in [0.15, 0.2) is 96.0 Å². The van der Waals surface area contributed by atoms with Gasteiger partial charge in [-0.3, -0.25) is 4.79 Å². The first kappa shape index (κ1) is 28.4. The number of carbonyl (C=O) groups is 2. The van der Waals surface area contributed by atoms with Crippen molar-refractivity contribution in [1.82, 2.24) is 0 Å². The van der Waals surface area contributed by atoms with E-state index in [9.17, 15) is 9.59 Å². The molecular formula is C36H32N2O4S. The molecule has 5 aromatic rings. The van der Waals surface area contributed by atoms with Crippen molar-refractivity contribution in [3.63, 3.8) is 0 Å². The molecule has 0 spiro atoms. The molecule has 1 amide bonds. The van der Waals surface area contributed by atoms with Gasteiger partial charge in [0.2, 0.25) is 0 Å². The van der Waals surface area contributed by atoms with Gasteiger partial charge in [-0.05, 0) is 84.8 Å². The molecule has 1 aliphatic carbocycles. The van der Waals surface area contributed by atoms with Crippen molar-refractivity contribution in [2.75, 3.05) is 11.9 Å². The fourth-order valence-electron chi connectivity index (χ4n) is 5.36. The van der Waals surface area contributed by atoms with Crippen LogP contribution in [0.2, 0.25) is 0 Å². The largest absolute Gasteiger partial charge is 0.488 e. The average molecular weight is 589 g/mol. The van der Waals surface area contributed by atoms with Crippen LogP contribution in [0.1, 0.15) is 62.0 Å². The van der Waals surface area contributed by atoms with Crippen molar-refractivity contribution >= 4 is 50.9 Å². The van der Waals surface area contributed by atoms with Crippen LogP contribution in [0, 0.1) is 0 Å². The molecule has 4 aromatic carbocycles. The Kier molecular flexibility index (Phi) is 8.61. The molecule has 216 valence electrons. The lowest BCUT2D eigenvalue weighted by Gasteiger charge is -2.13. The monoisotopic (exact) mass is 588 g/mol. The van der Waals surface area contributed by atoms with Crippen molar-refractivity contribution in [2.24, 2.45) is 4.99 Å². The number of fused-ring (bicyclic) bond motifs is 2. The summed E-state index contributed by atoms with van der Waals surface area (Å²) in [5, 5.41) is 5.87. The summed E-state index contributed by atoms with van der Waals surface area (Å²) in [6.45, 7) is 2.45. The Balaban J connectivity index is 1.32. The minimum absolute atomic E-state index is 0.126. The first-order chi connectivity index (χ1) is 21.1. The lowest BCUT2D eigenvalue weighted by molar-refractivity contribution is 0.0526. The van der Waals surface area contributed by atoms with Crippen molar-refractivity contribution in [2.45, 2.75) is 39.2 Å². The van der Waals surface area contributed by atoms with Crippen LogP contribution in [-0.2, 0) is 24.2 Å². The molecule has 1 aromatic heterocycles. The number of benzene rings is 4. The number of aryl methyl sites for hydroxylation is 1. The third kappa shape index (κ3) is 6.37. The van der Waals surface area contributed by atoms with Crippen molar-refractivity contribution in [3.8, 4) is 5.75 Å². The van der Waals surface area contributed by atoms with Crippen LogP contribution >= 0.6 is 11.3 Å². The van der Waals surface area contributed by atoms with E-state index in [1.807, 2.05) is 72.9 Å². The zero-order valence-corrected chi connectivity index (χ0v) is 24.8. The fraction of sp³-hybridized carbons (Fsp3) is 0.194. The second kappa shape index (κ2) is 13.0. The fourth-order valence-corrected chi connectivity index (χ4v) is 6.59. The second-order valence-electron chi connectivity index (χ2n) is 10.4. The predicted molar refractivity (Wildman–Crippen MR) is 173 cm³/mol. The molecule has 1 aliphatic rings. The van der Waals surface area contributed by atoms with Gasteiger partial charge in [0.25, 0.3) is 5.91 Å². The Morgan fingerprint density at radius 3 is 2.49 bits per heavy atom. The Labute approximate surface area is 255 Å². The number of hydrogen-bond donors (Lipinski definition) is 1. The molecule has 0 saturated carbocycles. The van der Waals surface area contributed by atoms with Gasteiger partial charge >= 0.3 is 5.97 Å². The number of hydrogen-bond acceptors (Lipinski definition) is 6. The highest BCUT2D eigenvalue weighted by molar-refractivity contribution is 7.16. The van der Waals surface area contributed by atoms with Gasteiger partial charge in [-0.25, -0.2) is 9.79 Å². The molecule has 1 heterocycles. The van der Waals surface area contributed by atoms with Gasteiger partial charge in [0.05, 0.1) is 17.7 Å². The predicted octanol–water partition coefficient (Wildman–Crippen LogP) is 8.54. The van der Waals surface area contributed by atoms with Gasteiger partial charge in [-0.15, -0.1) is 11.3 Å². The molecule has 0 radical (unpaired) electrons. The lowest BCUT2D eigenvalue weighted by Crippen LogP contribution is -2.14. The van der Waals surface area contributed by atoms with Crippen molar-refractivity contribution < 1.29 is 19.1 Å². The number of rotatable bonds is 9. The second-order valence-corrected chi connectivity index (χ2v) is 11.5. The van der Waals surface area contributed by atoms with Crippen LogP contribution in [0.3, 0.4) is 0 Å². The molecular weight excluding hydrogens is 556 g/mol. The van der Waals surface area contributed by atoms with E-state index in [0.717, 1.165) is 58.8 Å². The quantitative estimate of drug-likeness (QED) is 0.138. The molecule has 6 nitrogen and oxygen atoms in total. The standard InChI is InChI=1S/C36H32N2O4S/c1-2-41-36(40)26-18-16-24(17-19-26)23-42-31-21-20-25-10-6-7-13-28(25)30(31)22-37-35-33(29-14-8-9-15-32(29)43-35)34(39)38-27-11-4-3-5-12-27/h3-7,10-13,16-22H,2,8-9,14-15,23H2,1H3,(H,38,39). The van der Waals surface area contributed by atoms with E-state index in [-0.39, 0.29) is 11.9 Å². The first-order valence-corrected chi connectivity index (χ1v) is 15.4. The van der Waals surface area contributed by atoms with E-state index in [4.69, 9.17) is 14.5 Å². The summed E-state index contributed by atoms with van der Waals surface area (Å²) in [5.74, 6) is 0.224. The van der Waals surface area contributed by atoms with Gasteiger partial charge in [-0.2, -0.15) is 0 Å². The summed E-state index contributed by atoms with van der Waals surface area (Å²) in [6, 6.07) is 28.9. The van der Waals surface area contributed by atoms with E-state index < -0.39 is 0 Å². The molecule has 0 fully saturated rings. The highest BCUT2D eigenvalue weighted by Gasteiger charge is 2.25. The van der Waals surface area contributed by atoms with E-state index in [1.54, 1.807) is 30.4 Å². The SMILES string of the molecule is CCOC(=O)c1ccc(COc2ccc3ccccc3c2C=Nc2sc3c(c2C(=O)Nc2ccccc2)CCCC3)cc1. The zero-order chi connectivity index (χ0) is 29.6. The Morgan fingerprint density at radius 1 is 0.907 bits per heavy atom. The molecule has 7 heteroatoms. The number of nitrogens with one attached hydrogen (secondary N) is 1. The van der Waals surface area contributed by atoms with E-state index in [2.05, 4.69) is 17.4 Å². The maximum absolute atomic E-state index is 13.6. The van der Waals surface area contributed by atoms with Crippen LogP contribution in [0.4, 0.5) is 10.7 Å². The molecule has 43 heavy (non-hydrogen) atoms. The summed E-state index contributed by atoms with van der Waals surface area (Å²) in [7, 11) is 0. The maximum Gasteiger partial charge on any atom is 0.338 e. The minimum atomic E-state index is -0.338. The number of aliphatic imine (C=N–C) groups is 1. The van der Waals surface area contributed by atoms with E-state index in [0.29, 0.717) is 35.1 Å². The first-order valence-electron chi connectivity index (χ1n) is 14.6. The normalized spacial score (nSPS) is 12.7. The van der Waals surface area contributed by atoms with Crippen LogP contribution in [-0.4, -0.2) is 24.7 Å². The third-order valence-electron chi connectivity index (χ3n) is 7.51. The van der Waals surface area contributed by atoms with Crippen LogP contribution in [0.25, 0.3) is 10.8 Å². The molecule has 0 unspecified atom stereocenters. The highest BCUT2D eigenvalue weighted by Crippen LogP contribution is 2.40. The van der Waals surface area contributed by atoms with Gasteiger partial charge in [0.15, 0.2) is 0 Å². The summed E-state index contributed by atoms with van der Waals surface area (Å²) in [5.41, 5.74) is 4.84. The Morgan fingerprint density at radius 2 is 1.67 bits per heavy atom.